The van der Waals surface area contributed by atoms with Gasteiger partial charge in [0.05, 0.1) is 6.10 Å². The molecule has 1 aromatic heterocycles. The molecule has 0 saturated carbocycles. The van der Waals surface area contributed by atoms with Gasteiger partial charge in [-0.25, -0.2) is 4.39 Å². The van der Waals surface area contributed by atoms with E-state index < -0.39 is 0 Å². The fourth-order valence-corrected chi connectivity index (χ4v) is 3.86. The molecule has 1 atom stereocenters. The zero-order valence-electron chi connectivity index (χ0n) is 17.8. The number of ether oxygens (including phenoxy) is 1. The molecule has 3 aromatic rings. The average Bonchev–Trinajstić information content (AvgIpc) is 3.27. The summed E-state index contributed by atoms with van der Waals surface area (Å²) < 4.78 is 25.6. The number of likely N-dealkylation sites (tertiary alicyclic amines) is 1. The monoisotopic (exact) mass is 422 g/mol. The molecule has 2 N–H and O–H groups in total. The lowest BCUT2D eigenvalue weighted by molar-refractivity contribution is 0.0576. The van der Waals surface area contributed by atoms with Gasteiger partial charge in [-0.3, -0.25) is 0 Å². The van der Waals surface area contributed by atoms with Crippen LogP contribution in [-0.4, -0.2) is 42.3 Å². The fourth-order valence-electron chi connectivity index (χ4n) is 3.86. The van der Waals surface area contributed by atoms with Gasteiger partial charge < -0.3 is 19.9 Å². The summed E-state index contributed by atoms with van der Waals surface area (Å²) in [5, 5.41) is 4.03. The molecule has 162 valence electrons. The minimum Gasteiger partial charge on any atom is -0.381 e. The highest BCUT2D eigenvalue weighted by molar-refractivity contribution is 5.80. The number of hydrogen-bond donors (Lipinski definition) is 1. The van der Waals surface area contributed by atoms with E-state index in [0.717, 1.165) is 37.1 Å². The molecule has 1 aliphatic rings. The molecule has 2 aromatic carbocycles. The molecule has 1 saturated heterocycles. The predicted molar refractivity (Wildman–Crippen MR) is 119 cm³/mol. The van der Waals surface area contributed by atoms with E-state index in [2.05, 4.69) is 10.1 Å². The summed E-state index contributed by atoms with van der Waals surface area (Å²) in [7, 11) is 1.73. The Morgan fingerprint density at radius 1 is 1.19 bits per heavy atom. The first-order chi connectivity index (χ1) is 15.0. The van der Waals surface area contributed by atoms with Crippen LogP contribution in [-0.2, 0) is 4.74 Å². The summed E-state index contributed by atoms with van der Waals surface area (Å²) in [4.78, 5) is 6.42. The van der Waals surface area contributed by atoms with Gasteiger partial charge in [0, 0.05) is 37.7 Å². The number of halogens is 1. The molecular weight excluding hydrogens is 395 g/mol. The van der Waals surface area contributed by atoms with Gasteiger partial charge in [0.25, 0.3) is 0 Å². The first kappa shape index (κ1) is 21.1. The zero-order valence-corrected chi connectivity index (χ0v) is 17.8. The number of methoxy groups -OCH3 is 1. The average molecular weight is 423 g/mol. The number of nitrogens with two attached hydrogens (primary N) is 1. The van der Waals surface area contributed by atoms with Crippen molar-refractivity contribution in [2.45, 2.75) is 31.8 Å². The van der Waals surface area contributed by atoms with Crippen LogP contribution >= 0.6 is 0 Å². The third kappa shape index (κ3) is 4.77. The van der Waals surface area contributed by atoms with Crippen molar-refractivity contribution in [3.63, 3.8) is 0 Å². The van der Waals surface area contributed by atoms with Gasteiger partial charge >= 0.3 is 0 Å². The van der Waals surface area contributed by atoms with E-state index in [1.807, 2.05) is 48.2 Å². The van der Waals surface area contributed by atoms with Crippen LogP contribution in [0.4, 0.5) is 10.2 Å². The Morgan fingerprint density at radius 2 is 1.94 bits per heavy atom. The SMILES string of the molecule is COC1CCN(/C(N)=N\c2cc(C(C)c3ccc(-c4ccccc4)c(F)c3)on2)CC1. The van der Waals surface area contributed by atoms with Gasteiger partial charge in [-0.2, -0.15) is 4.99 Å². The molecule has 1 aliphatic heterocycles. The second-order valence-electron chi connectivity index (χ2n) is 7.81. The maximum atomic E-state index is 14.7. The quantitative estimate of drug-likeness (QED) is 0.477. The second-order valence-corrected chi connectivity index (χ2v) is 7.81. The molecular formula is C24H27FN4O2. The third-order valence-corrected chi connectivity index (χ3v) is 5.85. The standard InChI is InChI=1S/C24H27FN4O2/c1-16(18-8-9-20(21(25)14-18)17-6-4-3-5-7-17)22-15-23(28-31-22)27-24(26)29-12-10-19(30-2)11-13-29/h3-9,14-16,19H,10-13H2,1-2H3,(H2,26,27,28). The van der Waals surface area contributed by atoms with Crippen LogP contribution in [0.2, 0.25) is 0 Å². The minimum absolute atomic E-state index is 0.172. The van der Waals surface area contributed by atoms with E-state index in [1.165, 1.54) is 0 Å². The van der Waals surface area contributed by atoms with Gasteiger partial charge in [0.1, 0.15) is 11.6 Å². The smallest absolute Gasteiger partial charge is 0.198 e. The molecule has 2 heterocycles. The van der Waals surface area contributed by atoms with Crippen molar-refractivity contribution < 1.29 is 13.7 Å². The van der Waals surface area contributed by atoms with Crippen LogP contribution in [0.5, 0.6) is 0 Å². The lowest BCUT2D eigenvalue weighted by atomic mass is 9.95. The van der Waals surface area contributed by atoms with E-state index in [-0.39, 0.29) is 17.8 Å². The van der Waals surface area contributed by atoms with Gasteiger partial charge in [0.2, 0.25) is 0 Å². The molecule has 1 fully saturated rings. The molecule has 31 heavy (non-hydrogen) atoms. The van der Waals surface area contributed by atoms with Crippen molar-refractivity contribution in [3.05, 3.63) is 71.7 Å². The second kappa shape index (κ2) is 9.31. The lowest BCUT2D eigenvalue weighted by Crippen LogP contribution is -2.44. The van der Waals surface area contributed by atoms with E-state index in [1.54, 1.807) is 25.3 Å². The highest BCUT2D eigenvalue weighted by Gasteiger charge is 2.21. The molecule has 0 aliphatic carbocycles. The summed E-state index contributed by atoms with van der Waals surface area (Å²) in [6.45, 7) is 3.54. The Bertz CT molecular complexity index is 1040. The number of nitrogens with zero attached hydrogens (tertiary/aromatic N) is 3. The summed E-state index contributed by atoms with van der Waals surface area (Å²) in [5.74, 6) is 0.998. The number of aromatic nitrogens is 1. The van der Waals surface area contributed by atoms with Crippen molar-refractivity contribution in [2.24, 2.45) is 10.7 Å². The normalized spacial score (nSPS) is 16.5. The van der Waals surface area contributed by atoms with E-state index in [9.17, 15) is 4.39 Å². The predicted octanol–water partition coefficient (Wildman–Crippen LogP) is 4.69. The van der Waals surface area contributed by atoms with Gasteiger partial charge in [-0.15, -0.1) is 0 Å². The van der Waals surface area contributed by atoms with Crippen LogP contribution in [0.15, 0.2) is 64.1 Å². The van der Waals surface area contributed by atoms with Crippen LogP contribution in [0.1, 0.15) is 37.0 Å². The number of benzene rings is 2. The summed E-state index contributed by atoms with van der Waals surface area (Å²) in [6.07, 6.45) is 2.11. The molecule has 0 amide bonds. The van der Waals surface area contributed by atoms with Crippen molar-refractivity contribution in [1.29, 1.82) is 0 Å². The molecule has 7 heteroatoms. The van der Waals surface area contributed by atoms with Crippen LogP contribution in [0, 0.1) is 5.82 Å². The lowest BCUT2D eigenvalue weighted by Gasteiger charge is -2.31. The van der Waals surface area contributed by atoms with Gasteiger partial charge in [-0.05, 0) is 30.0 Å². The Labute approximate surface area is 181 Å². The summed E-state index contributed by atoms with van der Waals surface area (Å²) in [5.41, 5.74) is 8.38. The highest BCUT2D eigenvalue weighted by atomic mass is 19.1. The molecule has 1 unspecified atom stereocenters. The first-order valence-electron chi connectivity index (χ1n) is 10.5. The fraction of sp³-hybridized carbons (Fsp3) is 0.333. The number of aliphatic imine (C=N–C) groups is 1. The molecule has 0 radical (unpaired) electrons. The van der Waals surface area contributed by atoms with Crippen LogP contribution < -0.4 is 5.73 Å². The Hall–Kier alpha value is -3.19. The number of guanidine groups is 1. The van der Waals surface area contributed by atoms with Gasteiger partial charge in [-0.1, -0.05) is 54.5 Å². The van der Waals surface area contributed by atoms with Crippen LogP contribution in [0.3, 0.4) is 0 Å². The third-order valence-electron chi connectivity index (χ3n) is 5.85. The van der Waals surface area contributed by atoms with E-state index >= 15 is 0 Å². The molecule has 0 bridgehead atoms. The molecule has 0 spiro atoms. The highest BCUT2D eigenvalue weighted by Crippen LogP contribution is 2.31. The van der Waals surface area contributed by atoms with Crippen molar-refractivity contribution in [3.8, 4) is 11.1 Å². The maximum absolute atomic E-state index is 14.7. The topological polar surface area (TPSA) is 76.9 Å². The van der Waals surface area contributed by atoms with Crippen LogP contribution in [0.25, 0.3) is 11.1 Å². The molecule has 4 rings (SSSR count). The summed E-state index contributed by atoms with van der Waals surface area (Å²) in [6, 6.07) is 16.5. The van der Waals surface area contributed by atoms with E-state index in [4.69, 9.17) is 15.0 Å². The summed E-state index contributed by atoms with van der Waals surface area (Å²) >= 11 is 0. The first-order valence-corrected chi connectivity index (χ1v) is 10.5. The number of hydrogen-bond acceptors (Lipinski definition) is 4. The van der Waals surface area contributed by atoms with E-state index in [0.29, 0.717) is 23.1 Å². The number of piperidine rings is 1. The Morgan fingerprint density at radius 3 is 2.61 bits per heavy atom. The Balaban J connectivity index is 1.47. The number of rotatable bonds is 5. The molecule has 6 nitrogen and oxygen atoms in total. The van der Waals surface area contributed by atoms with Crippen molar-refractivity contribution in [2.75, 3.05) is 20.2 Å². The van der Waals surface area contributed by atoms with Crippen molar-refractivity contribution in [1.82, 2.24) is 10.1 Å². The van der Waals surface area contributed by atoms with Crippen molar-refractivity contribution >= 4 is 11.8 Å². The Kier molecular flexibility index (Phi) is 6.32. The zero-order chi connectivity index (χ0) is 21.8. The van der Waals surface area contributed by atoms with Gasteiger partial charge in [0.15, 0.2) is 11.8 Å². The maximum Gasteiger partial charge on any atom is 0.198 e. The largest absolute Gasteiger partial charge is 0.381 e. The minimum atomic E-state index is -0.267.